The van der Waals surface area contributed by atoms with Gasteiger partial charge in [0.15, 0.2) is 0 Å². The Hall–Kier alpha value is -1.59. The number of piperidine rings is 1. The number of carbonyl (C=O) groups excluding carboxylic acids is 1. The second-order valence-corrected chi connectivity index (χ2v) is 7.66. The molecule has 0 aromatic heterocycles. The van der Waals surface area contributed by atoms with Crippen LogP contribution in [0.25, 0.3) is 0 Å². The Kier molecular flexibility index (Phi) is 4.83. The van der Waals surface area contributed by atoms with Gasteiger partial charge in [0.25, 0.3) is 0 Å². The van der Waals surface area contributed by atoms with Crippen molar-refractivity contribution in [3.8, 4) is 0 Å². The van der Waals surface area contributed by atoms with Gasteiger partial charge in [-0.05, 0) is 38.8 Å². The van der Waals surface area contributed by atoms with Crippen molar-refractivity contribution < 1.29 is 14.6 Å². The minimum absolute atomic E-state index is 0.210. The minimum Gasteiger partial charge on any atom is -0.438 e. The average molecular weight is 332 g/mol. The number of benzene rings is 1. The zero-order chi connectivity index (χ0) is 17.2. The summed E-state index contributed by atoms with van der Waals surface area (Å²) >= 11 is 0. The molecule has 5 nitrogen and oxygen atoms in total. The fourth-order valence-electron chi connectivity index (χ4n) is 3.97. The SMILES string of the molecule is CC(C)(O)CC1(c2ccccc2)CCN(C2CCCNC2)C(=O)O1. The molecule has 0 radical (unpaired) electrons. The second kappa shape index (κ2) is 6.73. The van der Waals surface area contributed by atoms with Crippen molar-refractivity contribution in [2.45, 2.75) is 56.8 Å². The largest absolute Gasteiger partial charge is 0.438 e. The lowest BCUT2D eigenvalue weighted by Gasteiger charge is -2.46. The highest BCUT2D eigenvalue weighted by atomic mass is 16.6. The summed E-state index contributed by atoms with van der Waals surface area (Å²) in [4.78, 5) is 14.6. The Morgan fingerprint density at radius 1 is 1.38 bits per heavy atom. The van der Waals surface area contributed by atoms with Crippen molar-refractivity contribution in [2.24, 2.45) is 0 Å². The molecule has 2 atom stereocenters. The molecule has 2 heterocycles. The maximum absolute atomic E-state index is 12.8. The third-order valence-electron chi connectivity index (χ3n) is 5.00. The molecule has 2 N–H and O–H groups in total. The monoisotopic (exact) mass is 332 g/mol. The van der Waals surface area contributed by atoms with Crippen LogP contribution < -0.4 is 5.32 Å². The number of carbonyl (C=O) groups is 1. The van der Waals surface area contributed by atoms with Crippen LogP contribution in [-0.2, 0) is 10.3 Å². The van der Waals surface area contributed by atoms with Gasteiger partial charge >= 0.3 is 6.09 Å². The van der Waals surface area contributed by atoms with E-state index in [-0.39, 0.29) is 12.1 Å². The van der Waals surface area contributed by atoms with Crippen LogP contribution >= 0.6 is 0 Å². The maximum atomic E-state index is 12.8. The van der Waals surface area contributed by atoms with Crippen LogP contribution in [0.1, 0.15) is 45.1 Å². The van der Waals surface area contributed by atoms with Gasteiger partial charge in [-0.1, -0.05) is 30.3 Å². The summed E-state index contributed by atoms with van der Waals surface area (Å²) in [5.41, 5.74) is -0.707. The molecule has 1 aromatic carbocycles. The number of rotatable bonds is 4. The molecule has 0 spiro atoms. The summed E-state index contributed by atoms with van der Waals surface area (Å²) in [6.45, 7) is 6.05. The van der Waals surface area contributed by atoms with Crippen molar-refractivity contribution in [3.63, 3.8) is 0 Å². The zero-order valence-corrected chi connectivity index (χ0v) is 14.6. The fourth-order valence-corrected chi connectivity index (χ4v) is 3.97. The van der Waals surface area contributed by atoms with E-state index in [1.54, 1.807) is 13.8 Å². The Morgan fingerprint density at radius 3 is 2.71 bits per heavy atom. The highest BCUT2D eigenvalue weighted by Crippen LogP contribution is 2.41. The first-order valence-corrected chi connectivity index (χ1v) is 8.88. The normalized spacial score (nSPS) is 28.5. The van der Waals surface area contributed by atoms with E-state index in [2.05, 4.69) is 5.32 Å². The van der Waals surface area contributed by atoms with Crippen molar-refractivity contribution in [3.05, 3.63) is 35.9 Å². The van der Waals surface area contributed by atoms with Gasteiger partial charge in [0.1, 0.15) is 5.60 Å². The van der Waals surface area contributed by atoms with Crippen LogP contribution in [0, 0.1) is 0 Å². The summed E-state index contributed by atoms with van der Waals surface area (Å²) in [5, 5.41) is 13.7. The molecule has 1 amide bonds. The van der Waals surface area contributed by atoms with E-state index < -0.39 is 11.2 Å². The molecule has 2 unspecified atom stereocenters. The first-order valence-electron chi connectivity index (χ1n) is 8.88. The molecule has 2 aliphatic heterocycles. The Labute approximate surface area is 144 Å². The molecule has 2 aliphatic rings. The van der Waals surface area contributed by atoms with Gasteiger partial charge in [0.2, 0.25) is 0 Å². The van der Waals surface area contributed by atoms with E-state index in [1.807, 2.05) is 35.2 Å². The molecule has 0 bridgehead atoms. The van der Waals surface area contributed by atoms with Crippen LogP contribution in [0.15, 0.2) is 30.3 Å². The Bertz CT molecular complexity index is 564. The number of nitrogens with one attached hydrogen (secondary N) is 1. The van der Waals surface area contributed by atoms with Gasteiger partial charge in [0.05, 0.1) is 5.60 Å². The average Bonchev–Trinajstić information content (AvgIpc) is 2.55. The molecule has 24 heavy (non-hydrogen) atoms. The quantitative estimate of drug-likeness (QED) is 0.890. The molecule has 2 fully saturated rings. The number of amides is 1. The van der Waals surface area contributed by atoms with Crippen LogP contribution in [0.5, 0.6) is 0 Å². The van der Waals surface area contributed by atoms with Crippen molar-refractivity contribution in [2.75, 3.05) is 19.6 Å². The maximum Gasteiger partial charge on any atom is 0.410 e. The summed E-state index contributed by atoms with van der Waals surface area (Å²) in [7, 11) is 0. The van der Waals surface area contributed by atoms with E-state index in [0.29, 0.717) is 19.4 Å². The number of aliphatic hydroxyl groups is 1. The Morgan fingerprint density at radius 2 is 2.12 bits per heavy atom. The molecule has 3 rings (SSSR count). The highest BCUT2D eigenvalue weighted by Gasteiger charge is 2.46. The lowest BCUT2D eigenvalue weighted by atomic mass is 9.80. The van der Waals surface area contributed by atoms with E-state index >= 15 is 0 Å². The molecule has 0 saturated carbocycles. The molecule has 5 heteroatoms. The fraction of sp³-hybridized carbons (Fsp3) is 0.632. The van der Waals surface area contributed by atoms with E-state index in [1.165, 1.54) is 0 Å². The lowest BCUT2D eigenvalue weighted by molar-refractivity contribution is -0.102. The predicted molar refractivity (Wildman–Crippen MR) is 92.7 cm³/mol. The lowest BCUT2D eigenvalue weighted by Crippen LogP contribution is -2.56. The van der Waals surface area contributed by atoms with Crippen molar-refractivity contribution in [1.82, 2.24) is 10.2 Å². The van der Waals surface area contributed by atoms with Gasteiger partial charge in [0, 0.05) is 32.0 Å². The van der Waals surface area contributed by atoms with E-state index in [9.17, 15) is 9.90 Å². The van der Waals surface area contributed by atoms with Crippen LogP contribution in [0.2, 0.25) is 0 Å². The summed E-state index contributed by atoms with van der Waals surface area (Å²) in [5.74, 6) is 0. The van der Waals surface area contributed by atoms with E-state index in [4.69, 9.17) is 4.74 Å². The summed E-state index contributed by atoms with van der Waals surface area (Å²) < 4.78 is 6.00. The van der Waals surface area contributed by atoms with Gasteiger partial charge in [-0.15, -0.1) is 0 Å². The predicted octanol–water partition coefficient (Wildman–Crippen LogP) is 2.64. The number of nitrogens with zero attached hydrogens (tertiary/aromatic N) is 1. The summed E-state index contributed by atoms with van der Waals surface area (Å²) in [6.07, 6.45) is 2.94. The standard InChI is InChI=1S/C19H28N2O3/c1-18(2,23)14-19(15-7-4-3-5-8-15)10-12-21(17(22)24-19)16-9-6-11-20-13-16/h3-5,7-8,16,20,23H,6,9-14H2,1-2H3. The van der Waals surface area contributed by atoms with E-state index in [0.717, 1.165) is 31.5 Å². The van der Waals surface area contributed by atoms with Gasteiger partial charge in [-0.3, -0.25) is 0 Å². The van der Waals surface area contributed by atoms with Gasteiger partial charge < -0.3 is 20.1 Å². The van der Waals surface area contributed by atoms with Crippen LogP contribution in [0.3, 0.4) is 0 Å². The number of ether oxygens (including phenoxy) is 1. The molecule has 1 aromatic rings. The van der Waals surface area contributed by atoms with Crippen LogP contribution in [0.4, 0.5) is 4.79 Å². The third-order valence-corrected chi connectivity index (χ3v) is 5.00. The first-order chi connectivity index (χ1) is 11.4. The topological polar surface area (TPSA) is 61.8 Å². The first kappa shape index (κ1) is 17.2. The van der Waals surface area contributed by atoms with Gasteiger partial charge in [-0.25, -0.2) is 4.79 Å². The number of hydrogen-bond donors (Lipinski definition) is 2. The number of cyclic esters (lactones) is 1. The Balaban J connectivity index is 1.82. The molecule has 2 saturated heterocycles. The molecule has 132 valence electrons. The van der Waals surface area contributed by atoms with Gasteiger partial charge in [-0.2, -0.15) is 0 Å². The van der Waals surface area contributed by atoms with Crippen molar-refractivity contribution in [1.29, 1.82) is 0 Å². The zero-order valence-electron chi connectivity index (χ0n) is 14.6. The smallest absolute Gasteiger partial charge is 0.410 e. The molecular weight excluding hydrogens is 304 g/mol. The third kappa shape index (κ3) is 3.73. The molecule has 0 aliphatic carbocycles. The minimum atomic E-state index is -0.912. The second-order valence-electron chi connectivity index (χ2n) is 7.66. The van der Waals surface area contributed by atoms with Crippen molar-refractivity contribution >= 4 is 6.09 Å². The highest BCUT2D eigenvalue weighted by molar-refractivity contribution is 5.70. The number of hydrogen-bond acceptors (Lipinski definition) is 4. The molecular formula is C19H28N2O3. The summed E-state index contributed by atoms with van der Waals surface area (Å²) in [6, 6.07) is 10.0. The van der Waals surface area contributed by atoms with Crippen LogP contribution in [-0.4, -0.2) is 47.4 Å².